The normalized spacial score (nSPS) is 20.4. The molecule has 0 aromatic carbocycles. The largest absolute Gasteiger partial charge is 0.340 e. The fraction of sp³-hybridized carbons (Fsp3) is 0.909. The molecule has 0 aromatic rings. The molecule has 1 saturated heterocycles. The molecule has 0 spiro atoms. The van der Waals surface area contributed by atoms with Crippen molar-refractivity contribution in [3.8, 4) is 0 Å². The van der Waals surface area contributed by atoms with Crippen LogP contribution in [-0.4, -0.2) is 67.1 Å². The molecule has 1 aliphatic rings. The number of nitrogens with zero attached hydrogens (tertiary/aromatic N) is 2. The summed E-state index contributed by atoms with van der Waals surface area (Å²) in [6.07, 6.45) is 1.03. The Hall–Kier alpha value is -0.260. The topological polar surface area (TPSA) is 35.6 Å². The fourth-order valence-corrected chi connectivity index (χ4v) is 2.63. The summed E-state index contributed by atoms with van der Waals surface area (Å²) in [5.41, 5.74) is 0. The standard InChI is InChI=1S/C11H23N3OS/c1-4-5-14(7-6-13(2)3)11(15)10-8-16-9-12-10/h10,12H,4-9H2,1-3H3. The Morgan fingerprint density at radius 3 is 2.62 bits per heavy atom. The summed E-state index contributed by atoms with van der Waals surface area (Å²) in [5.74, 6) is 2.10. The molecule has 0 saturated carbocycles. The van der Waals surface area contributed by atoms with Gasteiger partial charge in [-0.25, -0.2) is 0 Å². The third kappa shape index (κ3) is 4.31. The molecule has 1 fully saturated rings. The van der Waals surface area contributed by atoms with Crippen molar-refractivity contribution < 1.29 is 4.79 Å². The minimum Gasteiger partial charge on any atom is -0.340 e. The Labute approximate surface area is 103 Å². The summed E-state index contributed by atoms with van der Waals surface area (Å²) in [7, 11) is 4.08. The van der Waals surface area contributed by atoms with Crippen LogP contribution in [-0.2, 0) is 4.79 Å². The van der Waals surface area contributed by atoms with Gasteiger partial charge in [0.2, 0.25) is 5.91 Å². The Balaban J connectivity index is 2.43. The summed E-state index contributed by atoms with van der Waals surface area (Å²) >= 11 is 1.80. The summed E-state index contributed by atoms with van der Waals surface area (Å²) < 4.78 is 0. The molecule has 0 radical (unpaired) electrons. The molecular formula is C11H23N3OS. The highest BCUT2D eigenvalue weighted by molar-refractivity contribution is 7.99. The highest BCUT2D eigenvalue weighted by atomic mass is 32.2. The van der Waals surface area contributed by atoms with Crippen LogP contribution in [0.15, 0.2) is 0 Å². The van der Waals surface area contributed by atoms with Crippen molar-refractivity contribution in [2.24, 2.45) is 0 Å². The number of rotatable bonds is 6. The summed E-state index contributed by atoms with van der Waals surface area (Å²) in [6, 6.07) is 0.0405. The van der Waals surface area contributed by atoms with Crippen LogP contribution in [0.4, 0.5) is 0 Å². The lowest BCUT2D eigenvalue weighted by Crippen LogP contribution is -2.47. The molecule has 1 amide bonds. The van der Waals surface area contributed by atoms with E-state index in [9.17, 15) is 4.79 Å². The van der Waals surface area contributed by atoms with Crippen LogP contribution in [0.2, 0.25) is 0 Å². The molecule has 1 N–H and O–H groups in total. The number of carbonyl (C=O) groups excluding carboxylic acids is 1. The van der Waals surface area contributed by atoms with E-state index in [0.29, 0.717) is 0 Å². The van der Waals surface area contributed by atoms with E-state index in [0.717, 1.165) is 37.7 Å². The van der Waals surface area contributed by atoms with E-state index in [-0.39, 0.29) is 11.9 Å². The zero-order valence-corrected chi connectivity index (χ0v) is 11.3. The van der Waals surface area contributed by atoms with Crippen LogP contribution < -0.4 is 5.32 Å². The second kappa shape index (κ2) is 7.14. The predicted molar refractivity (Wildman–Crippen MR) is 69.7 cm³/mol. The molecule has 94 valence electrons. The van der Waals surface area contributed by atoms with Crippen molar-refractivity contribution in [1.29, 1.82) is 0 Å². The molecule has 4 nitrogen and oxygen atoms in total. The molecule has 0 bridgehead atoms. The van der Waals surface area contributed by atoms with E-state index in [4.69, 9.17) is 0 Å². The van der Waals surface area contributed by atoms with Gasteiger partial charge in [-0.1, -0.05) is 6.92 Å². The van der Waals surface area contributed by atoms with Crippen LogP contribution >= 0.6 is 11.8 Å². The average molecular weight is 245 g/mol. The molecule has 16 heavy (non-hydrogen) atoms. The van der Waals surface area contributed by atoms with Gasteiger partial charge in [-0.15, -0.1) is 11.8 Å². The van der Waals surface area contributed by atoms with E-state index >= 15 is 0 Å². The van der Waals surface area contributed by atoms with Gasteiger partial charge in [0.25, 0.3) is 0 Å². The predicted octanol–water partition coefficient (Wildman–Crippen LogP) is 0.449. The molecule has 1 atom stereocenters. The Morgan fingerprint density at radius 1 is 1.38 bits per heavy atom. The Morgan fingerprint density at radius 2 is 2.12 bits per heavy atom. The summed E-state index contributed by atoms with van der Waals surface area (Å²) in [5, 5.41) is 3.24. The zero-order valence-electron chi connectivity index (χ0n) is 10.5. The average Bonchev–Trinajstić information content (AvgIpc) is 2.76. The highest BCUT2D eigenvalue weighted by Gasteiger charge is 2.26. The van der Waals surface area contributed by atoms with Gasteiger partial charge in [0.1, 0.15) is 0 Å². The van der Waals surface area contributed by atoms with Crippen molar-refractivity contribution in [1.82, 2.24) is 15.1 Å². The second-order valence-electron chi connectivity index (χ2n) is 4.40. The number of likely N-dealkylation sites (N-methyl/N-ethyl adjacent to an activating group) is 1. The molecule has 1 heterocycles. The molecule has 1 rings (SSSR count). The van der Waals surface area contributed by atoms with Crippen LogP contribution in [0.1, 0.15) is 13.3 Å². The molecule has 0 aliphatic carbocycles. The van der Waals surface area contributed by atoms with Crippen molar-refractivity contribution in [2.45, 2.75) is 19.4 Å². The minimum atomic E-state index is 0.0405. The maximum absolute atomic E-state index is 12.2. The Bertz CT molecular complexity index is 217. The fourth-order valence-electron chi connectivity index (χ4n) is 1.70. The smallest absolute Gasteiger partial charge is 0.240 e. The highest BCUT2D eigenvalue weighted by Crippen LogP contribution is 2.12. The number of hydrogen-bond acceptors (Lipinski definition) is 4. The SMILES string of the molecule is CCCN(CCN(C)C)C(=O)C1CSCN1. The van der Waals surface area contributed by atoms with Crippen LogP contribution in [0.3, 0.4) is 0 Å². The lowest BCUT2D eigenvalue weighted by Gasteiger charge is -2.26. The molecule has 1 unspecified atom stereocenters. The van der Waals surface area contributed by atoms with E-state index < -0.39 is 0 Å². The molecule has 1 aliphatic heterocycles. The monoisotopic (exact) mass is 245 g/mol. The van der Waals surface area contributed by atoms with Gasteiger partial charge in [0.15, 0.2) is 0 Å². The van der Waals surface area contributed by atoms with Gasteiger partial charge < -0.3 is 9.80 Å². The van der Waals surface area contributed by atoms with Gasteiger partial charge >= 0.3 is 0 Å². The third-order valence-corrected chi connectivity index (χ3v) is 3.58. The van der Waals surface area contributed by atoms with Gasteiger partial charge in [0.05, 0.1) is 6.04 Å². The first-order valence-corrected chi connectivity index (χ1v) is 7.05. The number of amides is 1. The Kier molecular flexibility index (Phi) is 6.16. The minimum absolute atomic E-state index is 0.0405. The number of hydrogen-bond donors (Lipinski definition) is 1. The van der Waals surface area contributed by atoms with Crippen molar-refractivity contribution >= 4 is 17.7 Å². The van der Waals surface area contributed by atoms with Crippen LogP contribution in [0, 0.1) is 0 Å². The number of nitrogens with one attached hydrogen (secondary N) is 1. The number of thioether (sulfide) groups is 1. The van der Waals surface area contributed by atoms with Gasteiger partial charge in [-0.2, -0.15) is 0 Å². The van der Waals surface area contributed by atoms with Crippen molar-refractivity contribution in [3.05, 3.63) is 0 Å². The van der Waals surface area contributed by atoms with Crippen molar-refractivity contribution in [3.63, 3.8) is 0 Å². The zero-order chi connectivity index (χ0) is 12.0. The maximum Gasteiger partial charge on any atom is 0.240 e. The first-order valence-electron chi connectivity index (χ1n) is 5.89. The van der Waals surface area contributed by atoms with E-state index in [1.165, 1.54) is 0 Å². The van der Waals surface area contributed by atoms with Crippen molar-refractivity contribution in [2.75, 3.05) is 45.4 Å². The maximum atomic E-state index is 12.2. The summed E-state index contributed by atoms with van der Waals surface area (Å²) in [6.45, 7) is 4.76. The quantitative estimate of drug-likeness (QED) is 0.737. The van der Waals surface area contributed by atoms with Gasteiger partial charge in [0, 0.05) is 31.3 Å². The van der Waals surface area contributed by atoms with Crippen LogP contribution in [0.5, 0.6) is 0 Å². The lowest BCUT2D eigenvalue weighted by molar-refractivity contribution is -0.132. The third-order valence-electron chi connectivity index (χ3n) is 2.64. The van der Waals surface area contributed by atoms with E-state index in [2.05, 4.69) is 17.1 Å². The molecule has 0 aromatic heterocycles. The van der Waals surface area contributed by atoms with E-state index in [1.807, 2.05) is 19.0 Å². The number of carbonyl (C=O) groups is 1. The summed E-state index contributed by atoms with van der Waals surface area (Å²) in [4.78, 5) is 16.3. The molecular weight excluding hydrogens is 222 g/mol. The van der Waals surface area contributed by atoms with Crippen LogP contribution in [0.25, 0.3) is 0 Å². The van der Waals surface area contributed by atoms with Gasteiger partial charge in [-0.3, -0.25) is 10.1 Å². The molecule has 5 heteroatoms. The first-order chi connectivity index (χ1) is 7.65. The second-order valence-corrected chi connectivity index (χ2v) is 5.43. The lowest BCUT2D eigenvalue weighted by atomic mass is 10.2. The first kappa shape index (κ1) is 13.8. The van der Waals surface area contributed by atoms with E-state index in [1.54, 1.807) is 11.8 Å². The van der Waals surface area contributed by atoms with Gasteiger partial charge in [-0.05, 0) is 20.5 Å².